The van der Waals surface area contributed by atoms with Crippen LogP contribution in [0.25, 0.3) is 0 Å². The highest BCUT2D eigenvalue weighted by atomic mass is 35.5. The van der Waals surface area contributed by atoms with Gasteiger partial charge in [-0.2, -0.15) is 5.10 Å². The van der Waals surface area contributed by atoms with Crippen LogP contribution < -0.4 is 15.4 Å². The van der Waals surface area contributed by atoms with E-state index < -0.39 is 11.8 Å². The first-order chi connectivity index (χ1) is 17.0. The molecule has 176 valence electrons. The fourth-order valence-electron chi connectivity index (χ4n) is 3.27. The van der Waals surface area contributed by atoms with Crippen LogP contribution >= 0.6 is 11.6 Å². The van der Waals surface area contributed by atoms with E-state index in [2.05, 4.69) is 26.6 Å². The summed E-state index contributed by atoms with van der Waals surface area (Å²) >= 11 is 5.86. The maximum absolute atomic E-state index is 13.1. The predicted molar refractivity (Wildman–Crippen MR) is 136 cm³/mol. The molecule has 9 heteroatoms. The molecule has 0 saturated carbocycles. The zero-order valence-corrected chi connectivity index (χ0v) is 19.7. The summed E-state index contributed by atoms with van der Waals surface area (Å²) in [5.41, 5.74) is 2.01. The van der Waals surface area contributed by atoms with Gasteiger partial charge in [-0.25, -0.2) is 4.98 Å². The summed E-state index contributed by atoms with van der Waals surface area (Å²) in [6, 6.07) is 13.2. The fourth-order valence-corrected chi connectivity index (χ4v) is 3.38. The van der Waals surface area contributed by atoms with Crippen molar-refractivity contribution in [2.75, 3.05) is 30.8 Å². The van der Waals surface area contributed by atoms with Crippen molar-refractivity contribution in [2.24, 2.45) is 5.10 Å². The molecule has 3 aromatic rings. The van der Waals surface area contributed by atoms with Crippen molar-refractivity contribution in [3.05, 3.63) is 82.0 Å². The third-order valence-corrected chi connectivity index (χ3v) is 5.54. The molecule has 1 aliphatic rings. The van der Waals surface area contributed by atoms with Crippen molar-refractivity contribution in [3.8, 4) is 18.1 Å². The third-order valence-electron chi connectivity index (χ3n) is 5.32. The van der Waals surface area contributed by atoms with Gasteiger partial charge in [-0.15, -0.1) is 6.42 Å². The zero-order chi connectivity index (χ0) is 24.8. The van der Waals surface area contributed by atoms with Gasteiger partial charge in [0, 0.05) is 30.4 Å². The number of hydrogen-bond acceptors (Lipinski definition) is 6. The lowest BCUT2D eigenvalue weighted by Crippen LogP contribution is -2.32. The Hall–Kier alpha value is -4.35. The number of anilines is 2. The Morgan fingerprint density at radius 3 is 2.51 bits per heavy atom. The van der Waals surface area contributed by atoms with Gasteiger partial charge in [-0.3, -0.25) is 14.6 Å². The molecule has 8 nitrogen and oxygen atoms in total. The molecular weight excluding hydrogens is 466 g/mol. The normalized spacial score (nSPS) is 12.5. The lowest BCUT2D eigenvalue weighted by atomic mass is 10.1. The molecule has 1 saturated heterocycles. The number of rotatable bonds is 7. The Balaban J connectivity index is 1.58. The van der Waals surface area contributed by atoms with Crippen LogP contribution in [0.1, 0.15) is 38.3 Å². The number of terminal acetylenes is 1. The van der Waals surface area contributed by atoms with Crippen LogP contribution in [-0.4, -0.2) is 48.2 Å². The molecule has 1 aliphatic heterocycles. The van der Waals surface area contributed by atoms with Crippen molar-refractivity contribution >= 4 is 41.1 Å². The van der Waals surface area contributed by atoms with Crippen LogP contribution in [-0.2, 0) is 0 Å². The van der Waals surface area contributed by atoms with Crippen LogP contribution in [0.4, 0.5) is 11.5 Å². The van der Waals surface area contributed by atoms with Gasteiger partial charge >= 0.3 is 0 Å². The molecule has 0 aliphatic carbocycles. The number of carbonyl (C=O) groups excluding carboxylic acids is 2. The van der Waals surface area contributed by atoms with Crippen LogP contribution in [0.5, 0.6) is 5.75 Å². The number of halogens is 1. The van der Waals surface area contributed by atoms with E-state index >= 15 is 0 Å². The van der Waals surface area contributed by atoms with Crippen LogP contribution in [0.3, 0.4) is 0 Å². The van der Waals surface area contributed by atoms with Gasteiger partial charge in [0.15, 0.2) is 0 Å². The Morgan fingerprint density at radius 1 is 1.14 bits per heavy atom. The summed E-state index contributed by atoms with van der Waals surface area (Å²) < 4.78 is 5.43. The van der Waals surface area contributed by atoms with Gasteiger partial charge in [0.1, 0.15) is 11.6 Å². The van der Waals surface area contributed by atoms with E-state index in [1.54, 1.807) is 48.7 Å². The predicted octanol–water partition coefficient (Wildman–Crippen LogP) is 4.27. The van der Waals surface area contributed by atoms with Gasteiger partial charge in [-0.1, -0.05) is 29.7 Å². The molecule has 0 unspecified atom stereocenters. The summed E-state index contributed by atoms with van der Waals surface area (Å²) in [6.07, 6.45) is 9.88. The minimum absolute atomic E-state index is 0.126. The summed E-state index contributed by atoms with van der Waals surface area (Å²) in [5, 5.41) is 12.2. The molecule has 2 N–H and O–H groups in total. The van der Waals surface area contributed by atoms with Crippen molar-refractivity contribution in [1.82, 2.24) is 9.99 Å². The zero-order valence-electron chi connectivity index (χ0n) is 18.9. The topological polar surface area (TPSA) is 95.9 Å². The van der Waals surface area contributed by atoms with E-state index in [-0.39, 0.29) is 22.8 Å². The van der Waals surface area contributed by atoms with Gasteiger partial charge in [0.05, 0.1) is 29.6 Å². The van der Waals surface area contributed by atoms with Gasteiger partial charge in [0.2, 0.25) is 0 Å². The first-order valence-electron chi connectivity index (χ1n) is 10.8. The molecule has 2 amide bonds. The Labute approximate surface area is 208 Å². The lowest BCUT2D eigenvalue weighted by molar-refractivity contribution is 0.102. The highest BCUT2D eigenvalue weighted by Crippen LogP contribution is 2.31. The average Bonchev–Trinajstić information content (AvgIpc) is 2.84. The van der Waals surface area contributed by atoms with Gasteiger partial charge in [-0.05, 0) is 48.4 Å². The number of amides is 2. The van der Waals surface area contributed by atoms with Crippen molar-refractivity contribution < 1.29 is 14.3 Å². The molecule has 2 heterocycles. The second kappa shape index (κ2) is 10.7. The summed E-state index contributed by atoms with van der Waals surface area (Å²) in [4.78, 5) is 30.2. The van der Waals surface area contributed by atoms with Crippen LogP contribution in [0.15, 0.2) is 59.8 Å². The quantitative estimate of drug-likeness (QED) is 0.383. The van der Waals surface area contributed by atoms with E-state index in [0.717, 1.165) is 25.1 Å². The number of carbonyl (C=O) groups is 2. The van der Waals surface area contributed by atoms with E-state index in [9.17, 15) is 9.59 Å². The number of ether oxygens (including phenoxy) is 1. The molecule has 2 aromatic carbocycles. The fraction of sp³-hybridized carbons (Fsp3) is 0.154. The molecule has 0 radical (unpaired) electrons. The maximum atomic E-state index is 13.1. The second-order valence-corrected chi connectivity index (χ2v) is 8.13. The standard InChI is InChI=1S/C26H22ClN5O3/c1-3-17-13-21(26(34)30-23-10-9-20(27)16-28-23)24(22(14-17)35-2)31-25(33)19-7-5-18(6-8-19)15-29-32-11-4-12-32/h1,5-10,13-16H,4,11-12H2,2H3,(H,31,33)(H,28,30,34). The second-order valence-electron chi connectivity index (χ2n) is 7.69. The number of hydrogen-bond donors (Lipinski definition) is 2. The summed E-state index contributed by atoms with van der Waals surface area (Å²) in [7, 11) is 1.43. The van der Waals surface area contributed by atoms with Gasteiger partial charge < -0.3 is 15.4 Å². The molecule has 0 bridgehead atoms. The summed E-state index contributed by atoms with van der Waals surface area (Å²) in [5.74, 6) is 2.09. The van der Waals surface area contributed by atoms with E-state index in [0.29, 0.717) is 16.1 Å². The number of pyridine rings is 1. The smallest absolute Gasteiger partial charge is 0.259 e. The highest BCUT2D eigenvalue weighted by molar-refractivity contribution is 6.30. The number of aromatic nitrogens is 1. The maximum Gasteiger partial charge on any atom is 0.259 e. The Kier molecular flexibility index (Phi) is 7.29. The largest absolute Gasteiger partial charge is 0.495 e. The van der Waals surface area contributed by atoms with E-state index in [4.69, 9.17) is 22.8 Å². The molecule has 0 atom stereocenters. The summed E-state index contributed by atoms with van der Waals surface area (Å²) in [6.45, 7) is 1.92. The first-order valence-corrected chi connectivity index (χ1v) is 11.2. The molecular formula is C26H22ClN5O3. The number of methoxy groups -OCH3 is 1. The molecule has 4 rings (SSSR count). The Bertz CT molecular complexity index is 1310. The molecule has 1 fully saturated rings. The lowest BCUT2D eigenvalue weighted by Gasteiger charge is -2.27. The number of benzene rings is 2. The van der Waals surface area contributed by atoms with Crippen molar-refractivity contribution in [1.29, 1.82) is 0 Å². The first kappa shape index (κ1) is 23.8. The van der Waals surface area contributed by atoms with Gasteiger partial charge in [0.25, 0.3) is 11.8 Å². The monoisotopic (exact) mass is 487 g/mol. The Morgan fingerprint density at radius 2 is 1.91 bits per heavy atom. The molecule has 35 heavy (non-hydrogen) atoms. The minimum Gasteiger partial charge on any atom is -0.495 e. The van der Waals surface area contributed by atoms with Crippen LogP contribution in [0, 0.1) is 12.3 Å². The molecule has 0 spiro atoms. The number of hydrazone groups is 1. The van der Waals surface area contributed by atoms with Crippen molar-refractivity contribution in [2.45, 2.75) is 6.42 Å². The van der Waals surface area contributed by atoms with Crippen molar-refractivity contribution in [3.63, 3.8) is 0 Å². The van der Waals surface area contributed by atoms with E-state index in [1.165, 1.54) is 19.4 Å². The minimum atomic E-state index is -0.525. The van der Waals surface area contributed by atoms with E-state index in [1.807, 2.05) is 5.01 Å². The van der Waals surface area contributed by atoms with Crippen LogP contribution in [0.2, 0.25) is 5.02 Å². The highest BCUT2D eigenvalue weighted by Gasteiger charge is 2.21. The number of nitrogens with zero attached hydrogens (tertiary/aromatic N) is 3. The average molecular weight is 488 g/mol. The number of nitrogens with one attached hydrogen (secondary N) is 2. The third kappa shape index (κ3) is 5.78. The molecule has 1 aromatic heterocycles. The SMILES string of the molecule is C#Cc1cc(OC)c(NC(=O)c2ccc(C=NN3CCC3)cc2)c(C(=O)Nc2ccc(Cl)cn2)c1.